The number of Topliss-reactive ketones (excluding diaryl/α,β-unsaturated/α-hetero) is 1. The van der Waals surface area contributed by atoms with Gasteiger partial charge in [-0.2, -0.15) is 4.31 Å². The molecule has 1 N–H and O–H groups in total. The second-order valence-electron chi connectivity index (χ2n) is 8.37. The Balaban J connectivity index is 1.45. The van der Waals surface area contributed by atoms with Crippen LogP contribution in [0.25, 0.3) is 0 Å². The molecule has 0 atom stereocenters. The van der Waals surface area contributed by atoms with E-state index in [1.54, 1.807) is 24.3 Å². The molecule has 0 saturated carbocycles. The molecule has 0 aliphatic heterocycles. The normalized spacial score (nSPS) is 11.2. The first-order valence-electron chi connectivity index (χ1n) is 11.7. The Morgan fingerprint density at radius 3 is 1.82 bits per heavy atom. The number of rotatable bonds is 10. The highest BCUT2D eigenvalue weighted by Crippen LogP contribution is 2.23. The summed E-state index contributed by atoms with van der Waals surface area (Å²) < 4.78 is 33.6. The summed E-state index contributed by atoms with van der Waals surface area (Å²) in [5.74, 6) is -0.478. The van der Waals surface area contributed by atoms with E-state index in [0.717, 1.165) is 11.1 Å². The fraction of sp³-hybridized carbons (Fsp3) is 0.103. The molecule has 0 radical (unpaired) electrons. The third-order valence-electron chi connectivity index (χ3n) is 5.66. The highest BCUT2D eigenvalue weighted by molar-refractivity contribution is 7.89. The van der Waals surface area contributed by atoms with E-state index >= 15 is 0 Å². The summed E-state index contributed by atoms with van der Waals surface area (Å²) >= 11 is 6.00. The summed E-state index contributed by atoms with van der Waals surface area (Å²) in [7, 11) is -3.89. The lowest BCUT2D eigenvalue weighted by Gasteiger charge is -2.23. The average Bonchev–Trinajstić information content (AvgIpc) is 2.94. The maximum Gasteiger partial charge on any atom is 0.412 e. The van der Waals surface area contributed by atoms with Crippen LogP contribution in [0.2, 0.25) is 5.02 Å². The molecule has 0 fully saturated rings. The van der Waals surface area contributed by atoms with Crippen LogP contribution in [-0.2, 0) is 27.8 Å². The predicted molar refractivity (Wildman–Crippen MR) is 147 cm³/mol. The van der Waals surface area contributed by atoms with E-state index in [2.05, 4.69) is 5.32 Å². The highest BCUT2D eigenvalue weighted by Gasteiger charge is 2.25. The molecule has 0 aromatic heterocycles. The van der Waals surface area contributed by atoms with Gasteiger partial charge in [-0.3, -0.25) is 10.1 Å². The second-order valence-corrected chi connectivity index (χ2v) is 10.7. The number of benzene rings is 4. The number of nitrogens with zero attached hydrogens (tertiary/aromatic N) is 1. The summed E-state index contributed by atoms with van der Waals surface area (Å²) in [5, 5.41) is 2.80. The van der Waals surface area contributed by atoms with E-state index < -0.39 is 28.5 Å². The molecule has 38 heavy (non-hydrogen) atoms. The Morgan fingerprint density at radius 2 is 1.26 bits per heavy atom. The van der Waals surface area contributed by atoms with Crippen molar-refractivity contribution in [1.82, 2.24) is 4.31 Å². The zero-order chi connectivity index (χ0) is 27.0. The van der Waals surface area contributed by atoms with Gasteiger partial charge in [0.05, 0.1) is 15.6 Å². The fourth-order valence-electron chi connectivity index (χ4n) is 3.68. The number of anilines is 1. The number of carbonyl (C=O) groups excluding carboxylic acids is 2. The van der Waals surface area contributed by atoms with Crippen molar-refractivity contribution >= 4 is 39.2 Å². The first-order valence-corrected chi connectivity index (χ1v) is 13.5. The molecule has 7 nitrogen and oxygen atoms in total. The van der Waals surface area contributed by atoms with Crippen molar-refractivity contribution in [3.8, 4) is 0 Å². The molecule has 1 amide bonds. The van der Waals surface area contributed by atoms with Crippen molar-refractivity contribution < 1.29 is 22.7 Å². The smallest absolute Gasteiger partial charge is 0.412 e. The molecule has 9 heteroatoms. The van der Waals surface area contributed by atoms with Crippen molar-refractivity contribution in [2.45, 2.75) is 18.0 Å². The minimum atomic E-state index is -3.89. The Morgan fingerprint density at radius 1 is 0.737 bits per heavy atom. The maximum absolute atomic E-state index is 13.6. The van der Waals surface area contributed by atoms with Crippen molar-refractivity contribution in [2.24, 2.45) is 0 Å². The molecule has 0 saturated heterocycles. The Kier molecular flexibility index (Phi) is 8.91. The highest BCUT2D eigenvalue weighted by atomic mass is 35.5. The van der Waals surface area contributed by atoms with Gasteiger partial charge in [0.2, 0.25) is 10.0 Å². The minimum absolute atomic E-state index is 0.0540. The van der Waals surface area contributed by atoms with Crippen molar-refractivity contribution in [3.05, 3.63) is 131 Å². The number of ketones is 1. The molecule has 4 rings (SSSR count). The number of sulfonamides is 1. The van der Waals surface area contributed by atoms with Gasteiger partial charge in [0.25, 0.3) is 0 Å². The first kappa shape index (κ1) is 27.1. The Bertz CT molecular complexity index is 1450. The van der Waals surface area contributed by atoms with Gasteiger partial charge < -0.3 is 4.74 Å². The summed E-state index contributed by atoms with van der Waals surface area (Å²) in [4.78, 5) is 24.6. The van der Waals surface area contributed by atoms with Gasteiger partial charge in [0.15, 0.2) is 12.4 Å². The van der Waals surface area contributed by atoms with Gasteiger partial charge >= 0.3 is 6.09 Å². The lowest BCUT2D eigenvalue weighted by Crippen LogP contribution is -2.30. The number of nitrogens with one attached hydrogen (secondary N) is 1. The van der Waals surface area contributed by atoms with Gasteiger partial charge in [-0.15, -0.1) is 0 Å². The Hall–Kier alpha value is -3.98. The van der Waals surface area contributed by atoms with Crippen LogP contribution in [0.1, 0.15) is 21.5 Å². The minimum Gasteiger partial charge on any atom is -0.441 e. The molecule has 0 aliphatic carbocycles. The predicted octanol–water partition coefficient (Wildman–Crippen LogP) is 6.16. The standard InChI is InChI=1S/C29H25ClN2O5S/c30-26-13-7-8-14-27(26)31-29(34)37-21-28(33)24-15-17-25(18-16-24)38(35,36)32(19-22-9-3-1-4-10-22)20-23-11-5-2-6-12-23/h1-18H,19-21H2,(H,31,34). The zero-order valence-corrected chi connectivity index (χ0v) is 21.9. The molecule has 0 heterocycles. The van der Waals surface area contributed by atoms with E-state index in [-0.39, 0.29) is 23.5 Å². The SMILES string of the molecule is O=C(Nc1ccccc1Cl)OCC(=O)c1ccc(S(=O)(=O)N(Cc2ccccc2)Cc2ccccc2)cc1. The van der Waals surface area contributed by atoms with Crippen molar-refractivity contribution in [3.63, 3.8) is 0 Å². The van der Waals surface area contributed by atoms with Crippen LogP contribution in [-0.4, -0.2) is 31.2 Å². The Labute approximate surface area is 226 Å². The number of hydrogen-bond acceptors (Lipinski definition) is 5. The van der Waals surface area contributed by atoms with E-state index in [0.29, 0.717) is 10.7 Å². The van der Waals surface area contributed by atoms with Crippen LogP contribution >= 0.6 is 11.6 Å². The van der Waals surface area contributed by atoms with Gasteiger partial charge in [-0.25, -0.2) is 13.2 Å². The first-order chi connectivity index (χ1) is 18.3. The third-order valence-corrected chi connectivity index (χ3v) is 7.80. The van der Waals surface area contributed by atoms with E-state index in [1.807, 2.05) is 60.7 Å². The fourth-order valence-corrected chi connectivity index (χ4v) is 5.28. The summed E-state index contributed by atoms with van der Waals surface area (Å²) in [6.45, 7) is -0.142. The quantitative estimate of drug-likeness (QED) is 0.239. The van der Waals surface area contributed by atoms with Crippen LogP contribution < -0.4 is 5.32 Å². The molecule has 0 aliphatic rings. The molecule has 4 aromatic carbocycles. The largest absolute Gasteiger partial charge is 0.441 e. The lowest BCUT2D eigenvalue weighted by molar-refractivity contribution is 0.0863. The number of para-hydroxylation sites is 1. The van der Waals surface area contributed by atoms with Gasteiger partial charge in [0.1, 0.15) is 0 Å². The molecular formula is C29H25ClN2O5S. The van der Waals surface area contributed by atoms with Crippen molar-refractivity contribution in [1.29, 1.82) is 0 Å². The second kappa shape index (κ2) is 12.5. The van der Waals surface area contributed by atoms with E-state index in [4.69, 9.17) is 16.3 Å². The van der Waals surface area contributed by atoms with Crippen LogP contribution in [0, 0.1) is 0 Å². The third kappa shape index (κ3) is 7.07. The number of carbonyl (C=O) groups is 2. The summed E-state index contributed by atoms with van der Waals surface area (Å²) in [6.07, 6.45) is -0.830. The number of amides is 1. The molecule has 0 spiro atoms. The summed E-state index contributed by atoms with van der Waals surface area (Å²) in [6, 6.07) is 30.9. The van der Waals surface area contributed by atoms with Gasteiger partial charge in [0, 0.05) is 18.7 Å². The zero-order valence-electron chi connectivity index (χ0n) is 20.3. The lowest BCUT2D eigenvalue weighted by atomic mass is 10.1. The summed E-state index contributed by atoms with van der Waals surface area (Å²) in [5.41, 5.74) is 2.28. The number of halogens is 1. The average molecular weight is 549 g/mol. The molecule has 0 bridgehead atoms. The molecular weight excluding hydrogens is 524 g/mol. The topological polar surface area (TPSA) is 92.8 Å². The van der Waals surface area contributed by atoms with E-state index in [9.17, 15) is 18.0 Å². The van der Waals surface area contributed by atoms with Crippen LogP contribution in [0.5, 0.6) is 0 Å². The van der Waals surface area contributed by atoms with Gasteiger partial charge in [-0.05, 0) is 47.5 Å². The van der Waals surface area contributed by atoms with Crippen molar-refractivity contribution in [2.75, 3.05) is 11.9 Å². The number of ether oxygens (including phenoxy) is 1. The van der Waals surface area contributed by atoms with Gasteiger partial charge in [-0.1, -0.05) is 84.4 Å². The maximum atomic E-state index is 13.6. The molecule has 0 unspecified atom stereocenters. The monoisotopic (exact) mass is 548 g/mol. The van der Waals surface area contributed by atoms with Crippen LogP contribution in [0.4, 0.5) is 10.5 Å². The molecule has 194 valence electrons. The van der Waals surface area contributed by atoms with E-state index in [1.165, 1.54) is 28.6 Å². The van der Waals surface area contributed by atoms with Crippen LogP contribution in [0.15, 0.2) is 114 Å². The number of hydrogen-bond donors (Lipinski definition) is 1. The van der Waals surface area contributed by atoms with Crippen LogP contribution in [0.3, 0.4) is 0 Å². The molecule has 4 aromatic rings.